The Morgan fingerprint density at radius 3 is 2.47 bits per heavy atom. The molecule has 0 aliphatic heterocycles. The first-order valence-electron chi connectivity index (χ1n) is 5.64. The molecule has 0 saturated carbocycles. The molecule has 0 spiro atoms. The molecule has 2 aliphatic rings. The van der Waals surface area contributed by atoms with Gasteiger partial charge in [0.15, 0.2) is 0 Å². The van der Waals surface area contributed by atoms with Gasteiger partial charge < -0.3 is 10.2 Å². The number of benzene rings is 1. The zero-order chi connectivity index (χ0) is 13.2. The van der Waals surface area contributed by atoms with Crippen LogP contribution in [-0.2, 0) is 0 Å². The first-order valence-corrected chi connectivity index (χ1v) is 6.51. The SMILES string of the molecule is Nc1nc(=O)cco1.c1csc(-c2cc3ccc2-3)c1. The third-order valence-corrected chi connectivity index (χ3v) is 3.64. The van der Waals surface area contributed by atoms with Gasteiger partial charge in [-0.2, -0.15) is 4.98 Å². The minimum absolute atomic E-state index is 0.0995. The third-order valence-electron chi connectivity index (χ3n) is 2.74. The van der Waals surface area contributed by atoms with E-state index in [1.54, 1.807) is 0 Å². The summed E-state index contributed by atoms with van der Waals surface area (Å²) in [7, 11) is 0. The van der Waals surface area contributed by atoms with Gasteiger partial charge in [0, 0.05) is 16.5 Å². The standard InChI is InChI=1S/C10H6S.C4H4N2O2/c1-2-10(11-5-1)9-6-7-3-4-8(7)9;5-4-6-3(7)1-2-8-4/h1-6H;1-2H,(H2,5,6,7). The Bertz CT molecular complexity index is 763. The molecule has 0 radical (unpaired) electrons. The molecule has 0 fully saturated rings. The highest BCUT2D eigenvalue weighted by Crippen LogP contribution is 2.44. The normalized spacial score (nSPS) is 10.5. The Balaban J connectivity index is 0.000000123. The fourth-order valence-electron chi connectivity index (χ4n) is 1.76. The molecule has 5 heteroatoms. The lowest BCUT2D eigenvalue weighted by atomic mass is 9.86. The van der Waals surface area contributed by atoms with Gasteiger partial charge in [-0.3, -0.25) is 4.79 Å². The zero-order valence-corrected chi connectivity index (χ0v) is 10.7. The molecule has 2 aromatic rings. The molecule has 0 saturated heterocycles. The van der Waals surface area contributed by atoms with Crippen LogP contribution in [0.1, 0.15) is 0 Å². The molecule has 4 rings (SSSR count). The van der Waals surface area contributed by atoms with Gasteiger partial charge in [0.2, 0.25) is 0 Å². The molecule has 4 nitrogen and oxygen atoms in total. The Kier molecular flexibility index (Phi) is 2.89. The van der Waals surface area contributed by atoms with Crippen molar-refractivity contribution >= 4 is 17.4 Å². The number of thiophene rings is 1. The lowest BCUT2D eigenvalue weighted by Crippen LogP contribution is -2.04. The van der Waals surface area contributed by atoms with E-state index >= 15 is 0 Å². The number of fused-ring (bicyclic) bond motifs is 1. The van der Waals surface area contributed by atoms with Crippen LogP contribution in [0.4, 0.5) is 6.01 Å². The van der Waals surface area contributed by atoms with E-state index in [0.717, 1.165) is 0 Å². The summed E-state index contributed by atoms with van der Waals surface area (Å²) >= 11 is 1.81. The molecule has 2 N–H and O–H groups in total. The maximum Gasteiger partial charge on any atom is 0.295 e. The maximum atomic E-state index is 10.2. The van der Waals surface area contributed by atoms with Gasteiger partial charge in [-0.1, -0.05) is 18.2 Å². The Labute approximate surface area is 113 Å². The van der Waals surface area contributed by atoms with E-state index in [1.807, 2.05) is 11.3 Å². The average molecular weight is 270 g/mol. The molecular formula is C14H10N2O2S. The molecule has 0 unspecified atom stereocenters. The van der Waals surface area contributed by atoms with Gasteiger partial charge in [0.25, 0.3) is 11.6 Å². The maximum absolute atomic E-state index is 10.2. The van der Waals surface area contributed by atoms with Crippen molar-refractivity contribution in [2.45, 2.75) is 0 Å². The molecule has 0 atom stereocenters. The lowest BCUT2D eigenvalue weighted by Gasteiger charge is -2.19. The number of hydrogen-bond acceptors (Lipinski definition) is 5. The van der Waals surface area contributed by atoms with Gasteiger partial charge in [0.05, 0.1) is 0 Å². The van der Waals surface area contributed by atoms with Gasteiger partial charge >= 0.3 is 0 Å². The molecule has 0 amide bonds. The number of anilines is 1. The Morgan fingerprint density at radius 1 is 1.16 bits per heavy atom. The monoisotopic (exact) mass is 270 g/mol. The summed E-state index contributed by atoms with van der Waals surface area (Å²) in [5.41, 5.74) is 8.90. The molecule has 2 aromatic heterocycles. The van der Waals surface area contributed by atoms with Gasteiger partial charge in [-0.25, -0.2) is 0 Å². The summed E-state index contributed by atoms with van der Waals surface area (Å²) in [5, 5.41) is 2.12. The molecule has 0 bridgehead atoms. The van der Waals surface area contributed by atoms with Crippen LogP contribution in [0.25, 0.3) is 21.6 Å². The van der Waals surface area contributed by atoms with Crippen LogP contribution in [0.5, 0.6) is 0 Å². The summed E-state index contributed by atoms with van der Waals surface area (Å²) in [5.74, 6) is 0. The topological polar surface area (TPSA) is 69.1 Å². The van der Waals surface area contributed by atoms with Crippen LogP contribution in [0.2, 0.25) is 0 Å². The quantitative estimate of drug-likeness (QED) is 0.577. The number of hydrogen-bond donors (Lipinski definition) is 1. The van der Waals surface area contributed by atoms with Crippen LogP contribution >= 0.6 is 11.3 Å². The van der Waals surface area contributed by atoms with Crippen LogP contribution in [0, 0.1) is 0 Å². The molecule has 19 heavy (non-hydrogen) atoms. The fourth-order valence-corrected chi connectivity index (χ4v) is 2.52. The van der Waals surface area contributed by atoms with Crippen molar-refractivity contribution in [1.82, 2.24) is 4.98 Å². The highest BCUT2D eigenvalue weighted by molar-refractivity contribution is 7.13. The summed E-state index contributed by atoms with van der Waals surface area (Å²) < 4.78 is 4.47. The number of nitrogens with zero attached hydrogens (tertiary/aromatic N) is 1. The zero-order valence-electron chi connectivity index (χ0n) is 9.87. The van der Waals surface area contributed by atoms with Crippen LogP contribution < -0.4 is 11.3 Å². The average Bonchev–Trinajstić information content (AvgIpc) is 2.86. The Hall–Kier alpha value is -2.40. The van der Waals surface area contributed by atoms with Crippen LogP contribution in [0.15, 0.2) is 57.3 Å². The number of nitrogens with two attached hydrogens (primary N) is 1. The van der Waals surface area contributed by atoms with E-state index in [-0.39, 0.29) is 11.6 Å². The first-order chi connectivity index (χ1) is 9.24. The molecule has 94 valence electrons. The van der Waals surface area contributed by atoms with E-state index in [1.165, 1.54) is 33.9 Å². The van der Waals surface area contributed by atoms with Crippen molar-refractivity contribution in [2.24, 2.45) is 0 Å². The van der Waals surface area contributed by atoms with E-state index in [9.17, 15) is 4.79 Å². The third kappa shape index (κ3) is 2.28. The summed E-state index contributed by atoms with van der Waals surface area (Å²) in [6, 6.07) is 12.0. The largest absolute Gasteiger partial charge is 0.434 e. The molecular weight excluding hydrogens is 260 g/mol. The van der Waals surface area contributed by atoms with Gasteiger partial charge in [0.1, 0.15) is 6.26 Å². The van der Waals surface area contributed by atoms with Crippen molar-refractivity contribution in [3.63, 3.8) is 0 Å². The van der Waals surface area contributed by atoms with Crippen LogP contribution in [0.3, 0.4) is 0 Å². The lowest BCUT2D eigenvalue weighted by molar-refractivity contribution is 0.548. The van der Waals surface area contributed by atoms with Crippen molar-refractivity contribution < 1.29 is 4.42 Å². The van der Waals surface area contributed by atoms with E-state index in [0.29, 0.717) is 0 Å². The summed E-state index contributed by atoms with van der Waals surface area (Å²) in [6.45, 7) is 0. The summed E-state index contributed by atoms with van der Waals surface area (Å²) in [6.07, 6.45) is 1.20. The molecule has 2 aliphatic carbocycles. The fraction of sp³-hybridized carbons (Fsp3) is 0. The minimum Gasteiger partial charge on any atom is -0.434 e. The second-order valence-corrected chi connectivity index (χ2v) is 4.89. The van der Waals surface area contributed by atoms with E-state index in [2.05, 4.69) is 45.1 Å². The first kappa shape index (κ1) is 11.7. The van der Waals surface area contributed by atoms with Crippen molar-refractivity contribution in [1.29, 1.82) is 0 Å². The number of nitrogen functional groups attached to an aromatic ring is 1. The smallest absolute Gasteiger partial charge is 0.295 e. The molecule has 0 aromatic carbocycles. The predicted octanol–water partition coefficient (Wildman–Crippen LogP) is 3.01. The number of aromatic nitrogens is 1. The highest BCUT2D eigenvalue weighted by Gasteiger charge is 2.17. The van der Waals surface area contributed by atoms with Gasteiger partial charge in [-0.05, 0) is 28.6 Å². The summed E-state index contributed by atoms with van der Waals surface area (Å²) in [4.78, 5) is 14.9. The Morgan fingerprint density at radius 2 is 2.05 bits per heavy atom. The van der Waals surface area contributed by atoms with E-state index in [4.69, 9.17) is 5.73 Å². The number of rotatable bonds is 1. The highest BCUT2D eigenvalue weighted by atomic mass is 32.1. The van der Waals surface area contributed by atoms with Crippen LogP contribution in [-0.4, -0.2) is 4.98 Å². The minimum atomic E-state index is -0.381. The predicted molar refractivity (Wildman–Crippen MR) is 75.9 cm³/mol. The molecule has 2 heterocycles. The van der Waals surface area contributed by atoms with Crippen molar-refractivity contribution in [2.75, 3.05) is 5.73 Å². The van der Waals surface area contributed by atoms with Gasteiger partial charge in [-0.15, -0.1) is 11.3 Å². The van der Waals surface area contributed by atoms with Crippen molar-refractivity contribution in [3.05, 3.63) is 58.4 Å². The second kappa shape index (κ2) is 4.70. The van der Waals surface area contributed by atoms with E-state index < -0.39 is 0 Å². The van der Waals surface area contributed by atoms with Crippen molar-refractivity contribution in [3.8, 4) is 21.6 Å². The second-order valence-electron chi connectivity index (χ2n) is 3.95.